The molecule has 290 valence electrons. The Morgan fingerprint density at radius 3 is 1.55 bits per heavy atom. The lowest BCUT2D eigenvalue weighted by atomic mass is 9.96. The number of hydrogen-bond acceptors (Lipinski definition) is 5. The summed E-state index contributed by atoms with van der Waals surface area (Å²) in [5, 5.41) is 25.5. The molecule has 0 fully saturated rings. The summed E-state index contributed by atoms with van der Waals surface area (Å²) in [4.78, 5) is 15.4. The minimum absolute atomic E-state index is 0.383. The van der Waals surface area contributed by atoms with E-state index < -0.39 is 0 Å². The summed E-state index contributed by atoms with van der Waals surface area (Å²) in [7, 11) is 0. The third kappa shape index (κ3) is 6.00. The van der Waals surface area contributed by atoms with E-state index in [1.54, 1.807) is 0 Å². The average Bonchev–Trinajstić information content (AvgIpc) is 3.83. The first kappa shape index (κ1) is 36.4. The van der Waals surface area contributed by atoms with Gasteiger partial charge in [0.1, 0.15) is 0 Å². The molecule has 0 aliphatic heterocycles. The molecule has 0 radical (unpaired) electrons. The summed E-state index contributed by atoms with van der Waals surface area (Å²) in [6.45, 7) is 4.22. The van der Waals surface area contributed by atoms with Crippen LogP contribution in [-0.2, 0) is 0 Å². The highest BCUT2D eigenvalue weighted by Crippen LogP contribution is 2.39. The first-order chi connectivity index (χ1) is 30.4. The smallest absolute Gasteiger partial charge is 0.165 e. The molecule has 0 spiro atoms. The molecule has 11 rings (SSSR count). The quantitative estimate of drug-likeness (QED) is 0.167. The predicted molar refractivity (Wildman–Crippen MR) is 249 cm³/mol. The maximum absolute atomic E-state index is 10.8. The van der Waals surface area contributed by atoms with Gasteiger partial charge in [0.25, 0.3) is 0 Å². The van der Waals surface area contributed by atoms with Crippen molar-refractivity contribution in [2.24, 2.45) is 0 Å². The molecule has 0 amide bonds. The van der Waals surface area contributed by atoms with E-state index >= 15 is 0 Å². The minimum atomic E-state index is 0.383. The summed E-state index contributed by atoms with van der Waals surface area (Å²) >= 11 is 0. The van der Waals surface area contributed by atoms with Crippen molar-refractivity contribution in [3.8, 4) is 68.8 Å². The van der Waals surface area contributed by atoms with Gasteiger partial charge >= 0.3 is 0 Å². The van der Waals surface area contributed by atoms with Crippen LogP contribution in [0.25, 0.3) is 100 Å². The van der Waals surface area contributed by atoms with Gasteiger partial charge in [0, 0.05) is 49.6 Å². The van der Waals surface area contributed by atoms with Crippen molar-refractivity contribution >= 4 is 43.6 Å². The monoisotopic (exact) mass is 793 g/mol. The SMILES string of the molecule is Cc1ccc2c(c1)c1ccccc1n2-c1ccc(-c2nc(-c3ccccc3)nc(-c3ccc(-n4c5ccccc5c5cc(C)ccc54)cc3-c3cccc(C#N)c3)n2)c(C#N)c1. The standard InChI is InChI=1S/C55H35N7/c1-34-19-25-51-47(27-34)43-15-6-8-17-49(43)61(51)40-21-23-42(39(30-40)33-57)54-58-53(37-12-4-3-5-13-37)59-55(60-54)45-24-22-41(31-46(45)38-14-10-11-36(29-38)32-56)62-50-18-9-7-16-44(50)48-28-35(2)20-26-52(48)62/h3-31H,1-2H3. The Labute approximate surface area is 357 Å². The zero-order valence-electron chi connectivity index (χ0n) is 33.9. The lowest BCUT2D eigenvalue weighted by molar-refractivity contribution is 1.07. The Hall–Kier alpha value is -8.65. The second-order valence-electron chi connectivity index (χ2n) is 15.7. The van der Waals surface area contributed by atoms with Crippen molar-refractivity contribution in [1.82, 2.24) is 24.1 Å². The van der Waals surface area contributed by atoms with E-state index in [-0.39, 0.29) is 0 Å². The predicted octanol–water partition coefficient (Wildman–Crippen LogP) is 13.1. The van der Waals surface area contributed by atoms with Crippen molar-refractivity contribution in [1.29, 1.82) is 10.5 Å². The van der Waals surface area contributed by atoms with Gasteiger partial charge in [0.05, 0.1) is 45.3 Å². The van der Waals surface area contributed by atoms with E-state index in [0.717, 1.165) is 66.5 Å². The summed E-state index contributed by atoms with van der Waals surface area (Å²) in [6, 6.07) is 64.4. The van der Waals surface area contributed by atoms with Crippen LogP contribution in [0.2, 0.25) is 0 Å². The Morgan fingerprint density at radius 1 is 0.387 bits per heavy atom. The topological polar surface area (TPSA) is 96.1 Å². The van der Waals surface area contributed by atoms with Crippen LogP contribution >= 0.6 is 0 Å². The molecule has 0 bridgehead atoms. The third-order valence-corrected chi connectivity index (χ3v) is 11.8. The molecule has 0 aliphatic rings. The molecule has 7 heteroatoms. The molecule has 0 unspecified atom stereocenters. The maximum atomic E-state index is 10.8. The minimum Gasteiger partial charge on any atom is -0.309 e. The van der Waals surface area contributed by atoms with Gasteiger partial charge in [0.15, 0.2) is 17.5 Å². The molecule has 8 aromatic carbocycles. The molecule has 3 heterocycles. The van der Waals surface area contributed by atoms with Crippen LogP contribution in [0, 0.1) is 36.5 Å². The fourth-order valence-corrected chi connectivity index (χ4v) is 8.88. The van der Waals surface area contributed by atoms with Gasteiger partial charge < -0.3 is 9.13 Å². The van der Waals surface area contributed by atoms with Gasteiger partial charge in [0.2, 0.25) is 0 Å². The van der Waals surface area contributed by atoms with Crippen LogP contribution in [0.4, 0.5) is 0 Å². The van der Waals surface area contributed by atoms with Crippen LogP contribution in [0.1, 0.15) is 22.3 Å². The van der Waals surface area contributed by atoms with Crippen molar-refractivity contribution in [3.05, 3.63) is 198 Å². The van der Waals surface area contributed by atoms with E-state index in [4.69, 9.17) is 15.0 Å². The summed E-state index contributed by atoms with van der Waals surface area (Å²) < 4.78 is 4.50. The maximum Gasteiger partial charge on any atom is 0.165 e. The van der Waals surface area contributed by atoms with E-state index in [9.17, 15) is 10.5 Å². The average molecular weight is 794 g/mol. The number of aryl methyl sites for hydroxylation is 2. The van der Waals surface area contributed by atoms with Gasteiger partial charge in [-0.3, -0.25) is 0 Å². The number of nitrogens with zero attached hydrogens (tertiary/aromatic N) is 7. The summed E-state index contributed by atoms with van der Waals surface area (Å²) in [5.41, 5.74) is 13.4. The fourth-order valence-electron chi connectivity index (χ4n) is 8.88. The number of aromatic nitrogens is 5. The van der Waals surface area contributed by atoms with Gasteiger partial charge in [-0.1, -0.05) is 102 Å². The number of fused-ring (bicyclic) bond motifs is 6. The van der Waals surface area contributed by atoms with Crippen LogP contribution in [0.5, 0.6) is 0 Å². The van der Waals surface area contributed by atoms with E-state index in [2.05, 4.69) is 132 Å². The molecule has 0 atom stereocenters. The molecular weight excluding hydrogens is 759 g/mol. The first-order valence-electron chi connectivity index (χ1n) is 20.5. The first-order valence-corrected chi connectivity index (χ1v) is 20.5. The molecule has 0 saturated heterocycles. The lowest BCUT2D eigenvalue weighted by Crippen LogP contribution is -2.03. The summed E-state index contributed by atoms with van der Waals surface area (Å²) in [5.74, 6) is 1.31. The largest absolute Gasteiger partial charge is 0.309 e. The second-order valence-corrected chi connectivity index (χ2v) is 15.7. The van der Waals surface area contributed by atoms with E-state index in [1.165, 1.54) is 21.9 Å². The third-order valence-electron chi connectivity index (χ3n) is 11.8. The second kappa shape index (κ2) is 14.6. The number of rotatable bonds is 6. The number of para-hydroxylation sites is 2. The lowest BCUT2D eigenvalue weighted by Gasteiger charge is -2.16. The molecule has 3 aromatic heterocycles. The van der Waals surface area contributed by atoms with Gasteiger partial charge in [-0.25, -0.2) is 15.0 Å². The van der Waals surface area contributed by atoms with Gasteiger partial charge in [-0.05, 0) is 110 Å². The molecule has 62 heavy (non-hydrogen) atoms. The van der Waals surface area contributed by atoms with Crippen molar-refractivity contribution < 1.29 is 0 Å². The Balaban J connectivity index is 1.13. The fraction of sp³-hybridized carbons (Fsp3) is 0.0364. The molecular formula is C55H35N7. The van der Waals surface area contributed by atoms with Crippen molar-refractivity contribution in [3.63, 3.8) is 0 Å². The summed E-state index contributed by atoms with van der Waals surface area (Å²) in [6.07, 6.45) is 0. The van der Waals surface area contributed by atoms with Crippen LogP contribution in [-0.4, -0.2) is 24.1 Å². The van der Waals surface area contributed by atoms with E-state index in [1.807, 2.05) is 78.9 Å². The highest BCUT2D eigenvalue weighted by atomic mass is 15.0. The van der Waals surface area contributed by atoms with E-state index in [0.29, 0.717) is 34.2 Å². The van der Waals surface area contributed by atoms with Crippen LogP contribution < -0.4 is 0 Å². The normalized spacial score (nSPS) is 11.4. The number of benzene rings is 8. The molecule has 0 aliphatic carbocycles. The molecule has 0 saturated carbocycles. The Morgan fingerprint density at radius 2 is 0.919 bits per heavy atom. The number of nitriles is 2. The highest BCUT2D eigenvalue weighted by Gasteiger charge is 2.21. The van der Waals surface area contributed by atoms with Crippen LogP contribution in [0.15, 0.2) is 176 Å². The molecule has 11 aromatic rings. The number of hydrogen-bond donors (Lipinski definition) is 0. The van der Waals surface area contributed by atoms with Gasteiger partial charge in [-0.15, -0.1) is 0 Å². The zero-order chi connectivity index (χ0) is 41.9. The Bertz CT molecular complexity index is 3690. The zero-order valence-corrected chi connectivity index (χ0v) is 33.9. The van der Waals surface area contributed by atoms with Crippen molar-refractivity contribution in [2.45, 2.75) is 13.8 Å². The van der Waals surface area contributed by atoms with Crippen molar-refractivity contribution in [2.75, 3.05) is 0 Å². The Kier molecular flexibility index (Phi) is 8.56. The molecule has 7 nitrogen and oxygen atoms in total. The molecule has 0 N–H and O–H groups in total. The van der Waals surface area contributed by atoms with Crippen LogP contribution in [0.3, 0.4) is 0 Å². The van der Waals surface area contributed by atoms with Gasteiger partial charge in [-0.2, -0.15) is 10.5 Å². The highest BCUT2D eigenvalue weighted by molar-refractivity contribution is 6.10.